The van der Waals surface area contributed by atoms with Gasteiger partial charge in [0.15, 0.2) is 0 Å². The fourth-order valence-corrected chi connectivity index (χ4v) is 4.85. The molecule has 2 atom stereocenters. The molecule has 2 amide bonds. The van der Waals surface area contributed by atoms with Crippen molar-refractivity contribution >= 4 is 21.8 Å². The van der Waals surface area contributed by atoms with Gasteiger partial charge < -0.3 is 9.47 Å². The summed E-state index contributed by atoms with van der Waals surface area (Å²) in [5.41, 5.74) is 5.18. The molecule has 2 aromatic carbocycles. The largest absolute Gasteiger partial charge is 0.497 e. The fraction of sp³-hybridized carbons (Fsp3) is 0.333. The van der Waals surface area contributed by atoms with Crippen LogP contribution in [0.2, 0.25) is 0 Å². The third kappa shape index (κ3) is 5.40. The molecule has 1 saturated heterocycles. The van der Waals surface area contributed by atoms with E-state index >= 15 is 0 Å². The second kappa shape index (κ2) is 9.46. The lowest BCUT2D eigenvalue weighted by Crippen LogP contribution is -2.48. The van der Waals surface area contributed by atoms with Gasteiger partial charge in [0.25, 0.3) is 11.8 Å². The molecule has 1 aliphatic rings. The van der Waals surface area contributed by atoms with Crippen LogP contribution < -0.4 is 15.6 Å². The molecule has 0 radical (unpaired) electrons. The van der Waals surface area contributed by atoms with Gasteiger partial charge in [-0.25, -0.2) is 8.42 Å². The second-order valence-electron chi connectivity index (χ2n) is 7.24. The Morgan fingerprint density at radius 3 is 1.81 bits per heavy atom. The summed E-state index contributed by atoms with van der Waals surface area (Å²) in [4.78, 5) is 24.5. The standard InChI is InChI=1S/C21H25N3O6S/c1-14-12-24(13-15(2)30-14)31(27,28)19-10-6-17(7-11-19)21(26)23-22-20(25)16-4-8-18(29-3)9-5-16/h4-11,14-15H,12-13H2,1-3H3,(H,22,25)(H,23,26)/t14-,15+. The summed E-state index contributed by atoms with van der Waals surface area (Å²) in [6.07, 6.45) is -0.393. The third-order valence-electron chi connectivity index (χ3n) is 4.78. The minimum atomic E-state index is -3.70. The Hall–Kier alpha value is -2.95. The number of carbonyl (C=O) groups excluding carboxylic acids is 2. The number of ether oxygens (including phenoxy) is 2. The number of hydrogen-bond donors (Lipinski definition) is 2. The summed E-state index contributed by atoms with van der Waals surface area (Å²) in [5.74, 6) is -0.457. The zero-order valence-corrected chi connectivity index (χ0v) is 18.3. The van der Waals surface area contributed by atoms with Gasteiger partial charge >= 0.3 is 0 Å². The third-order valence-corrected chi connectivity index (χ3v) is 6.63. The van der Waals surface area contributed by atoms with Gasteiger partial charge in [-0.2, -0.15) is 4.31 Å². The van der Waals surface area contributed by atoms with Crippen LogP contribution in [0, 0.1) is 0 Å². The van der Waals surface area contributed by atoms with Crippen LogP contribution in [0.5, 0.6) is 5.75 Å². The van der Waals surface area contributed by atoms with Gasteiger partial charge in [0.2, 0.25) is 10.0 Å². The van der Waals surface area contributed by atoms with Crippen LogP contribution in [0.4, 0.5) is 0 Å². The van der Waals surface area contributed by atoms with Gasteiger partial charge in [-0.05, 0) is 62.4 Å². The number of sulfonamides is 1. The normalized spacial score (nSPS) is 19.5. The number of amides is 2. The molecule has 1 heterocycles. The van der Waals surface area contributed by atoms with E-state index in [1.165, 1.54) is 35.7 Å². The Labute approximate surface area is 181 Å². The summed E-state index contributed by atoms with van der Waals surface area (Å²) >= 11 is 0. The molecule has 10 heteroatoms. The van der Waals surface area contributed by atoms with E-state index in [1.54, 1.807) is 24.3 Å². The highest BCUT2D eigenvalue weighted by Crippen LogP contribution is 2.21. The molecule has 2 aromatic rings. The van der Waals surface area contributed by atoms with E-state index in [-0.39, 0.29) is 35.8 Å². The second-order valence-corrected chi connectivity index (χ2v) is 9.18. The minimum Gasteiger partial charge on any atom is -0.497 e. The van der Waals surface area contributed by atoms with Gasteiger partial charge in [-0.1, -0.05) is 0 Å². The first-order valence-corrected chi connectivity index (χ1v) is 11.1. The number of benzene rings is 2. The van der Waals surface area contributed by atoms with Gasteiger partial charge in [-0.15, -0.1) is 0 Å². The quantitative estimate of drug-likeness (QED) is 0.673. The van der Waals surface area contributed by atoms with E-state index in [4.69, 9.17) is 9.47 Å². The summed E-state index contributed by atoms with van der Waals surface area (Å²) in [6, 6.07) is 11.9. The number of carbonyl (C=O) groups is 2. The summed E-state index contributed by atoms with van der Waals surface area (Å²) in [6.45, 7) is 4.19. The summed E-state index contributed by atoms with van der Waals surface area (Å²) in [5, 5.41) is 0. The van der Waals surface area contributed by atoms with Crippen molar-refractivity contribution < 1.29 is 27.5 Å². The van der Waals surface area contributed by atoms with Crippen LogP contribution in [0.15, 0.2) is 53.4 Å². The number of morpholine rings is 1. The van der Waals surface area contributed by atoms with Crippen LogP contribution in [0.1, 0.15) is 34.6 Å². The average molecular weight is 448 g/mol. The number of rotatable bonds is 5. The summed E-state index contributed by atoms with van der Waals surface area (Å²) in [7, 11) is -2.17. The van der Waals surface area contributed by atoms with Gasteiger partial charge in [0.1, 0.15) is 5.75 Å². The Morgan fingerprint density at radius 2 is 1.35 bits per heavy atom. The van der Waals surface area contributed by atoms with E-state index in [0.29, 0.717) is 11.3 Å². The molecule has 2 N–H and O–H groups in total. The molecular formula is C21H25N3O6S. The lowest BCUT2D eigenvalue weighted by molar-refractivity contribution is -0.0440. The van der Waals surface area contributed by atoms with E-state index in [1.807, 2.05) is 13.8 Å². The fourth-order valence-electron chi connectivity index (χ4n) is 3.25. The number of nitrogens with zero attached hydrogens (tertiary/aromatic N) is 1. The molecule has 0 unspecified atom stereocenters. The van der Waals surface area contributed by atoms with Crippen molar-refractivity contribution in [2.75, 3.05) is 20.2 Å². The van der Waals surface area contributed by atoms with Crippen molar-refractivity contribution in [3.8, 4) is 5.75 Å². The average Bonchev–Trinajstić information content (AvgIpc) is 2.76. The number of nitrogens with one attached hydrogen (secondary N) is 2. The zero-order chi connectivity index (χ0) is 22.6. The number of hydrogen-bond acceptors (Lipinski definition) is 6. The lowest BCUT2D eigenvalue weighted by atomic mass is 10.2. The highest BCUT2D eigenvalue weighted by molar-refractivity contribution is 7.89. The molecule has 0 saturated carbocycles. The molecule has 166 valence electrons. The molecule has 3 rings (SSSR count). The van der Waals surface area contributed by atoms with Crippen molar-refractivity contribution in [3.63, 3.8) is 0 Å². The van der Waals surface area contributed by atoms with Crippen molar-refractivity contribution in [1.82, 2.24) is 15.2 Å². The molecule has 0 spiro atoms. The number of methoxy groups -OCH3 is 1. The molecule has 31 heavy (non-hydrogen) atoms. The first kappa shape index (κ1) is 22.7. The van der Waals surface area contributed by atoms with Crippen LogP contribution in [0.3, 0.4) is 0 Å². The maximum Gasteiger partial charge on any atom is 0.269 e. The predicted molar refractivity (Wildman–Crippen MR) is 113 cm³/mol. The molecule has 1 aliphatic heterocycles. The molecule has 0 aromatic heterocycles. The minimum absolute atomic E-state index is 0.0904. The molecule has 1 fully saturated rings. The van der Waals surface area contributed by atoms with E-state index in [0.717, 1.165) is 0 Å². The maximum atomic E-state index is 12.9. The lowest BCUT2D eigenvalue weighted by Gasteiger charge is -2.34. The Kier molecular flexibility index (Phi) is 6.94. The smallest absolute Gasteiger partial charge is 0.269 e. The van der Waals surface area contributed by atoms with Crippen LogP contribution in [0.25, 0.3) is 0 Å². The van der Waals surface area contributed by atoms with E-state index in [2.05, 4.69) is 10.9 Å². The molecule has 0 aliphatic carbocycles. The highest BCUT2D eigenvalue weighted by Gasteiger charge is 2.32. The molecule has 0 bridgehead atoms. The summed E-state index contributed by atoms with van der Waals surface area (Å²) < 4.78 is 37.8. The van der Waals surface area contributed by atoms with Crippen LogP contribution in [-0.4, -0.2) is 56.9 Å². The predicted octanol–water partition coefficient (Wildman–Crippen LogP) is 1.57. The van der Waals surface area contributed by atoms with E-state index in [9.17, 15) is 18.0 Å². The zero-order valence-electron chi connectivity index (χ0n) is 17.5. The monoisotopic (exact) mass is 447 g/mol. The van der Waals surface area contributed by atoms with Gasteiger partial charge in [0, 0.05) is 24.2 Å². The van der Waals surface area contributed by atoms with Crippen molar-refractivity contribution in [2.24, 2.45) is 0 Å². The first-order valence-electron chi connectivity index (χ1n) is 9.71. The van der Waals surface area contributed by atoms with Crippen LogP contribution >= 0.6 is 0 Å². The Bertz CT molecular complexity index is 1030. The molecular weight excluding hydrogens is 422 g/mol. The van der Waals surface area contributed by atoms with Crippen LogP contribution in [-0.2, 0) is 14.8 Å². The maximum absolute atomic E-state index is 12.9. The van der Waals surface area contributed by atoms with Gasteiger partial charge in [-0.3, -0.25) is 20.4 Å². The van der Waals surface area contributed by atoms with Gasteiger partial charge in [0.05, 0.1) is 24.2 Å². The van der Waals surface area contributed by atoms with E-state index < -0.39 is 21.8 Å². The SMILES string of the molecule is COc1ccc(C(=O)NNC(=O)c2ccc(S(=O)(=O)N3C[C@@H](C)O[C@@H](C)C3)cc2)cc1. The first-order chi connectivity index (χ1) is 14.7. The topological polar surface area (TPSA) is 114 Å². The van der Waals surface area contributed by atoms with Crippen molar-refractivity contribution in [3.05, 3.63) is 59.7 Å². The van der Waals surface area contributed by atoms with Crippen molar-refractivity contribution in [2.45, 2.75) is 31.0 Å². The van der Waals surface area contributed by atoms with Crippen molar-refractivity contribution in [1.29, 1.82) is 0 Å². The Balaban J connectivity index is 1.62. The highest BCUT2D eigenvalue weighted by atomic mass is 32.2. The Morgan fingerprint density at radius 1 is 0.903 bits per heavy atom. The number of hydrazine groups is 1. The molecule has 9 nitrogen and oxygen atoms in total.